The summed E-state index contributed by atoms with van der Waals surface area (Å²) >= 11 is 0. The van der Waals surface area contributed by atoms with Crippen molar-refractivity contribution < 1.29 is 22.9 Å². The molecule has 2 aromatic rings. The third kappa shape index (κ3) is 7.55. The van der Waals surface area contributed by atoms with Crippen molar-refractivity contribution in [3.8, 4) is 0 Å². The van der Waals surface area contributed by atoms with Crippen LogP contribution >= 0.6 is 0 Å². The molecule has 0 saturated heterocycles. The molecular formula is C23H30N4O6S. The Balaban J connectivity index is 2.36. The lowest BCUT2D eigenvalue weighted by molar-refractivity contribution is -0.384. The maximum absolute atomic E-state index is 13.4. The number of sulfonamides is 1. The second-order valence-electron chi connectivity index (χ2n) is 7.87. The summed E-state index contributed by atoms with van der Waals surface area (Å²) in [6.45, 7) is 3.53. The first-order valence-corrected chi connectivity index (χ1v) is 12.7. The second kappa shape index (κ2) is 12.1. The standard InChI is InChI=1S/C23H30N4O6S/c1-4-5-14-24-23(29)18(2)25(16-19-10-7-6-8-11-19)22(28)17-26(34(3,32)33)20-12-9-13-21(15-20)27(30)31/h6-13,15,18H,4-5,14,16-17H2,1-3H3,(H,24,29)/t18-/m0/s1. The molecule has 34 heavy (non-hydrogen) atoms. The Morgan fingerprint density at radius 3 is 2.38 bits per heavy atom. The minimum atomic E-state index is -3.96. The van der Waals surface area contributed by atoms with Gasteiger partial charge in [0.05, 0.1) is 16.9 Å². The van der Waals surface area contributed by atoms with E-state index in [0.29, 0.717) is 6.54 Å². The van der Waals surface area contributed by atoms with Gasteiger partial charge < -0.3 is 10.2 Å². The van der Waals surface area contributed by atoms with Crippen molar-refractivity contribution in [1.82, 2.24) is 10.2 Å². The van der Waals surface area contributed by atoms with Crippen LogP contribution < -0.4 is 9.62 Å². The van der Waals surface area contributed by atoms with Gasteiger partial charge in [0.25, 0.3) is 5.69 Å². The van der Waals surface area contributed by atoms with E-state index < -0.39 is 33.4 Å². The molecule has 1 atom stereocenters. The zero-order valence-corrected chi connectivity index (χ0v) is 20.3. The smallest absolute Gasteiger partial charge is 0.271 e. The summed E-state index contributed by atoms with van der Waals surface area (Å²) in [5.74, 6) is -0.960. The van der Waals surface area contributed by atoms with Crippen LogP contribution in [0.15, 0.2) is 54.6 Å². The maximum atomic E-state index is 13.4. The topological polar surface area (TPSA) is 130 Å². The van der Waals surface area contributed by atoms with Crippen LogP contribution in [0.4, 0.5) is 11.4 Å². The minimum absolute atomic E-state index is 0.00948. The summed E-state index contributed by atoms with van der Waals surface area (Å²) in [5, 5.41) is 13.9. The highest BCUT2D eigenvalue weighted by atomic mass is 32.2. The van der Waals surface area contributed by atoms with Crippen molar-refractivity contribution in [3.63, 3.8) is 0 Å². The molecule has 0 saturated carbocycles. The normalized spacial score (nSPS) is 12.0. The fourth-order valence-corrected chi connectivity index (χ4v) is 4.12. The largest absolute Gasteiger partial charge is 0.354 e. The molecule has 0 aliphatic carbocycles. The molecule has 1 N–H and O–H groups in total. The second-order valence-corrected chi connectivity index (χ2v) is 9.78. The van der Waals surface area contributed by atoms with E-state index in [0.717, 1.165) is 35.0 Å². The van der Waals surface area contributed by atoms with E-state index in [1.165, 1.54) is 23.1 Å². The van der Waals surface area contributed by atoms with Crippen LogP contribution in [0.25, 0.3) is 0 Å². The molecule has 0 heterocycles. The Morgan fingerprint density at radius 2 is 1.79 bits per heavy atom. The molecule has 0 aromatic heterocycles. The van der Waals surface area contributed by atoms with Gasteiger partial charge in [-0.25, -0.2) is 8.42 Å². The Bertz CT molecular complexity index is 1110. The Kier molecular flexibility index (Phi) is 9.55. The van der Waals surface area contributed by atoms with Crippen molar-refractivity contribution in [2.75, 3.05) is 23.7 Å². The van der Waals surface area contributed by atoms with Gasteiger partial charge in [0.1, 0.15) is 12.6 Å². The van der Waals surface area contributed by atoms with Crippen LogP contribution in [-0.4, -0.2) is 55.4 Å². The molecule has 0 bridgehead atoms. The number of carbonyl (C=O) groups excluding carboxylic acids is 2. The number of unbranched alkanes of at least 4 members (excludes halogenated alkanes) is 1. The van der Waals surface area contributed by atoms with Gasteiger partial charge in [-0.05, 0) is 25.0 Å². The quantitative estimate of drug-likeness (QED) is 0.277. The number of rotatable bonds is 12. The highest BCUT2D eigenvalue weighted by molar-refractivity contribution is 7.92. The van der Waals surface area contributed by atoms with Crippen LogP contribution in [-0.2, 0) is 26.2 Å². The van der Waals surface area contributed by atoms with E-state index in [9.17, 15) is 28.1 Å². The van der Waals surface area contributed by atoms with E-state index in [1.807, 2.05) is 13.0 Å². The summed E-state index contributed by atoms with van der Waals surface area (Å²) < 4.78 is 25.8. The number of nitro groups is 1. The van der Waals surface area contributed by atoms with E-state index in [4.69, 9.17) is 0 Å². The highest BCUT2D eigenvalue weighted by Crippen LogP contribution is 2.23. The average Bonchev–Trinajstić information content (AvgIpc) is 2.80. The zero-order valence-electron chi connectivity index (χ0n) is 19.5. The fourth-order valence-electron chi connectivity index (χ4n) is 3.27. The van der Waals surface area contributed by atoms with Gasteiger partial charge in [-0.15, -0.1) is 0 Å². The van der Waals surface area contributed by atoms with Crippen LogP contribution in [0, 0.1) is 10.1 Å². The summed E-state index contributed by atoms with van der Waals surface area (Å²) in [6.07, 6.45) is 2.61. The molecule has 0 fully saturated rings. The van der Waals surface area contributed by atoms with E-state index in [-0.39, 0.29) is 23.8 Å². The predicted octanol–water partition coefficient (Wildman–Crippen LogP) is 2.69. The number of hydrogen-bond donors (Lipinski definition) is 1. The molecule has 0 radical (unpaired) electrons. The first-order chi connectivity index (χ1) is 16.0. The van der Waals surface area contributed by atoms with Crippen LogP contribution in [0.1, 0.15) is 32.3 Å². The van der Waals surface area contributed by atoms with Gasteiger partial charge in [-0.3, -0.25) is 24.0 Å². The van der Waals surface area contributed by atoms with Gasteiger partial charge in [0, 0.05) is 25.2 Å². The molecule has 2 amide bonds. The highest BCUT2D eigenvalue weighted by Gasteiger charge is 2.30. The third-order valence-electron chi connectivity index (χ3n) is 5.20. The Hall–Kier alpha value is -3.47. The molecule has 184 valence electrons. The number of nitrogens with zero attached hydrogens (tertiary/aromatic N) is 3. The van der Waals surface area contributed by atoms with Crippen LogP contribution in [0.3, 0.4) is 0 Å². The Labute approximate surface area is 199 Å². The maximum Gasteiger partial charge on any atom is 0.271 e. The first kappa shape index (κ1) is 26.8. The van der Waals surface area contributed by atoms with E-state index >= 15 is 0 Å². The van der Waals surface area contributed by atoms with Crippen molar-refractivity contribution in [2.45, 2.75) is 39.3 Å². The summed E-state index contributed by atoms with van der Waals surface area (Å²) in [6, 6.07) is 13.2. The van der Waals surface area contributed by atoms with Gasteiger partial charge >= 0.3 is 0 Å². The number of nitro benzene ring substituents is 1. The third-order valence-corrected chi connectivity index (χ3v) is 6.34. The number of anilines is 1. The van der Waals surface area contributed by atoms with Crippen LogP contribution in [0.5, 0.6) is 0 Å². The number of benzene rings is 2. The average molecular weight is 491 g/mol. The fraction of sp³-hybridized carbons (Fsp3) is 0.391. The molecule has 11 heteroatoms. The Morgan fingerprint density at radius 1 is 1.12 bits per heavy atom. The first-order valence-electron chi connectivity index (χ1n) is 10.9. The predicted molar refractivity (Wildman–Crippen MR) is 130 cm³/mol. The molecule has 0 spiro atoms. The van der Waals surface area contributed by atoms with Gasteiger partial charge in [-0.2, -0.15) is 0 Å². The van der Waals surface area contributed by atoms with Crippen molar-refractivity contribution in [1.29, 1.82) is 0 Å². The van der Waals surface area contributed by atoms with Gasteiger partial charge in [0.15, 0.2) is 0 Å². The lowest BCUT2D eigenvalue weighted by Crippen LogP contribution is -2.51. The lowest BCUT2D eigenvalue weighted by atomic mass is 10.1. The van der Waals surface area contributed by atoms with Gasteiger partial charge in [0.2, 0.25) is 21.8 Å². The van der Waals surface area contributed by atoms with E-state index in [2.05, 4.69) is 5.32 Å². The van der Waals surface area contributed by atoms with Crippen LogP contribution in [0.2, 0.25) is 0 Å². The van der Waals surface area contributed by atoms with E-state index in [1.54, 1.807) is 31.2 Å². The van der Waals surface area contributed by atoms with Crippen molar-refractivity contribution >= 4 is 33.2 Å². The molecule has 10 nitrogen and oxygen atoms in total. The zero-order chi connectivity index (χ0) is 25.3. The summed E-state index contributed by atoms with van der Waals surface area (Å²) in [4.78, 5) is 37.9. The molecule has 0 aliphatic heterocycles. The number of nitrogens with one attached hydrogen (secondary N) is 1. The lowest BCUT2D eigenvalue weighted by Gasteiger charge is -2.31. The monoisotopic (exact) mass is 490 g/mol. The molecule has 0 unspecified atom stereocenters. The molecular weight excluding hydrogens is 460 g/mol. The number of carbonyl (C=O) groups is 2. The van der Waals surface area contributed by atoms with Crippen molar-refractivity contribution in [3.05, 3.63) is 70.3 Å². The number of non-ortho nitro benzene ring substituents is 1. The SMILES string of the molecule is CCCCNC(=O)[C@H](C)N(Cc1ccccc1)C(=O)CN(c1cccc([N+](=O)[O-])c1)S(C)(=O)=O. The summed E-state index contributed by atoms with van der Waals surface area (Å²) in [7, 11) is -3.96. The molecule has 2 rings (SSSR count). The van der Waals surface area contributed by atoms with Crippen molar-refractivity contribution in [2.24, 2.45) is 0 Å². The molecule has 0 aliphatic rings. The van der Waals surface area contributed by atoms with Gasteiger partial charge in [-0.1, -0.05) is 49.7 Å². The minimum Gasteiger partial charge on any atom is -0.354 e. The molecule has 2 aromatic carbocycles. The summed E-state index contributed by atoms with van der Waals surface area (Å²) in [5.41, 5.74) is 0.457. The number of amides is 2. The number of hydrogen-bond acceptors (Lipinski definition) is 6.